The Hall–Kier alpha value is -2.44. The van der Waals surface area contributed by atoms with E-state index in [0.717, 1.165) is 30.9 Å². The lowest BCUT2D eigenvalue weighted by Crippen LogP contribution is -2.27. The molecule has 1 saturated heterocycles. The largest absolute Gasteiger partial charge is 0.294 e. The van der Waals surface area contributed by atoms with Crippen molar-refractivity contribution in [1.29, 1.82) is 0 Å². The molecule has 0 spiro atoms. The first kappa shape index (κ1) is 18.4. The van der Waals surface area contributed by atoms with E-state index in [-0.39, 0.29) is 0 Å². The van der Waals surface area contributed by atoms with Gasteiger partial charge in [-0.25, -0.2) is 5.48 Å². The summed E-state index contributed by atoms with van der Waals surface area (Å²) in [6.45, 7) is 7.15. The van der Waals surface area contributed by atoms with Crippen LogP contribution in [0.5, 0.6) is 0 Å². The highest BCUT2D eigenvalue weighted by atomic mass is 16.5. The molecule has 1 atom stereocenters. The third-order valence-corrected chi connectivity index (χ3v) is 4.92. The Labute approximate surface area is 154 Å². The summed E-state index contributed by atoms with van der Waals surface area (Å²) in [6, 6.07) is 10.8. The van der Waals surface area contributed by atoms with Crippen LogP contribution >= 0.6 is 0 Å². The smallest absolute Gasteiger partial charge is 0.267 e. The molecule has 0 bridgehead atoms. The number of nitrogens with one attached hydrogen (secondary N) is 1. The minimum absolute atomic E-state index is 0.436. The monoisotopic (exact) mass is 354 g/mol. The van der Waals surface area contributed by atoms with Gasteiger partial charge in [-0.3, -0.25) is 19.6 Å². The van der Waals surface area contributed by atoms with Gasteiger partial charge in [-0.2, -0.15) is 5.10 Å². The predicted octanol–water partition coefficient (Wildman–Crippen LogP) is 2.86. The third-order valence-electron chi connectivity index (χ3n) is 4.92. The first-order valence-electron chi connectivity index (χ1n) is 9.04. The fourth-order valence-electron chi connectivity index (χ4n) is 3.63. The highest BCUT2D eigenvalue weighted by molar-refractivity contribution is 5.90. The molecule has 1 aromatic carbocycles. The van der Waals surface area contributed by atoms with Gasteiger partial charge in [0.15, 0.2) is 0 Å². The van der Waals surface area contributed by atoms with Gasteiger partial charge in [0.2, 0.25) is 0 Å². The fraction of sp³-hybridized carbons (Fsp3) is 0.400. The van der Waals surface area contributed by atoms with E-state index in [9.17, 15) is 4.79 Å². The molecule has 1 aliphatic rings. The molecule has 2 N–H and O–H groups in total. The number of aromatic nitrogens is 2. The second-order valence-electron chi connectivity index (χ2n) is 6.82. The van der Waals surface area contributed by atoms with Crippen LogP contribution in [0.15, 0.2) is 36.4 Å². The fourth-order valence-corrected chi connectivity index (χ4v) is 3.63. The van der Waals surface area contributed by atoms with Crippen LogP contribution in [0.4, 0.5) is 0 Å². The number of likely N-dealkylation sites (tertiary alicyclic amines) is 1. The Morgan fingerprint density at radius 1 is 1.31 bits per heavy atom. The lowest BCUT2D eigenvalue weighted by atomic mass is 10.0. The Morgan fingerprint density at radius 2 is 2.08 bits per heavy atom. The van der Waals surface area contributed by atoms with Crippen LogP contribution in [0, 0.1) is 13.8 Å². The van der Waals surface area contributed by atoms with Gasteiger partial charge in [-0.15, -0.1) is 0 Å². The molecule has 1 aromatic heterocycles. The molecule has 0 radical (unpaired) electrons. The number of hydrogen-bond acceptors (Lipinski definition) is 4. The minimum atomic E-state index is -0.528. The second kappa shape index (κ2) is 8.29. The van der Waals surface area contributed by atoms with E-state index in [0.29, 0.717) is 6.04 Å². The summed E-state index contributed by atoms with van der Waals surface area (Å²) < 4.78 is 2.09. The normalized spacial score (nSPS) is 17.9. The molecule has 26 heavy (non-hydrogen) atoms. The maximum atomic E-state index is 11.1. The van der Waals surface area contributed by atoms with E-state index in [1.165, 1.54) is 30.2 Å². The summed E-state index contributed by atoms with van der Waals surface area (Å²) in [6.07, 6.45) is 5.37. The molecular weight excluding hydrogens is 328 g/mol. The van der Waals surface area contributed by atoms with Crippen molar-refractivity contribution in [3.05, 3.63) is 58.9 Å². The van der Waals surface area contributed by atoms with E-state index >= 15 is 0 Å². The molecule has 138 valence electrons. The van der Waals surface area contributed by atoms with Crippen LogP contribution in [0.2, 0.25) is 0 Å². The molecule has 1 amide bonds. The molecule has 1 unspecified atom stereocenters. The van der Waals surface area contributed by atoms with Crippen molar-refractivity contribution >= 4 is 12.0 Å². The molecule has 1 fully saturated rings. The number of carbonyl (C=O) groups excluding carboxylic acids is 1. The summed E-state index contributed by atoms with van der Waals surface area (Å²) >= 11 is 0. The molecule has 1 aliphatic heterocycles. The Kier molecular flexibility index (Phi) is 5.85. The van der Waals surface area contributed by atoms with Gasteiger partial charge in [0.1, 0.15) is 0 Å². The average molecular weight is 354 g/mol. The van der Waals surface area contributed by atoms with Crippen LogP contribution < -0.4 is 5.48 Å². The van der Waals surface area contributed by atoms with Crippen LogP contribution in [-0.4, -0.2) is 38.9 Å². The molecular formula is C20H26N4O2. The minimum Gasteiger partial charge on any atom is -0.294 e. The summed E-state index contributed by atoms with van der Waals surface area (Å²) in [5, 5.41) is 13.1. The number of benzene rings is 1. The Bertz CT molecular complexity index is 780. The van der Waals surface area contributed by atoms with Gasteiger partial charge in [0.05, 0.1) is 12.2 Å². The van der Waals surface area contributed by atoms with Crippen molar-refractivity contribution in [3.8, 4) is 0 Å². The molecule has 6 heteroatoms. The van der Waals surface area contributed by atoms with Gasteiger partial charge in [-0.1, -0.05) is 24.3 Å². The summed E-state index contributed by atoms with van der Waals surface area (Å²) in [7, 11) is 0. The van der Waals surface area contributed by atoms with Crippen molar-refractivity contribution in [1.82, 2.24) is 20.2 Å². The van der Waals surface area contributed by atoms with Crippen molar-refractivity contribution in [2.24, 2.45) is 0 Å². The topological polar surface area (TPSA) is 70.4 Å². The molecule has 2 aromatic rings. The van der Waals surface area contributed by atoms with E-state index in [1.54, 1.807) is 11.6 Å². The number of nitrogens with zero attached hydrogens (tertiary/aromatic N) is 3. The van der Waals surface area contributed by atoms with Crippen LogP contribution in [0.1, 0.15) is 41.4 Å². The average Bonchev–Trinajstić information content (AvgIpc) is 3.24. The Balaban J connectivity index is 1.63. The highest BCUT2D eigenvalue weighted by Crippen LogP contribution is 2.31. The number of rotatable bonds is 6. The predicted molar refractivity (Wildman–Crippen MR) is 101 cm³/mol. The number of hydrogen-bond donors (Lipinski definition) is 2. The van der Waals surface area contributed by atoms with Crippen molar-refractivity contribution < 1.29 is 10.0 Å². The van der Waals surface area contributed by atoms with Crippen molar-refractivity contribution in [3.63, 3.8) is 0 Å². The first-order valence-corrected chi connectivity index (χ1v) is 9.04. The van der Waals surface area contributed by atoms with Gasteiger partial charge in [0.25, 0.3) is 5.91 Å². The lowest BCUT2D eigenvalue weighted by Gasteiger charge is -2.25. The number of aryl methyl sites for hydroxylation is 2. The van der Waals surface area contributed by atoms with Crippen LogP contribution in [0.25, 0.3) is 6.08 Å². The summed E-state index contributed by atoms with van der Waals surface area (Å²) in [4.78, 5) is 13.6. The summed E-state index contributed by atoms with van der Waals surface area (Å²) in [5.74, 6) is -0.528. The second-order valence-corrected chi connectivity index (χ2v) is 6.82. The number of amides is 1. The van der Waals surface area contributed by atoms with Gasteiger partial charge >= 0.3 is 0 Å². The van der Waals surface area contributed by atoms with E-state index in [4.69, 9.17) is 5.21 Å². The van der Waals surface area contributed by atoms with Crippen molar-refractivity contribution in [2.45, 2.75) is 39.3 Å². The van der Waals surface area contributed by atoms with Gasteiger partial charge in [-0.05, 0) is 56.5 Å². The lowest BCUT2D eigenvalue weighted by molar-refractivity contribution is -0.124. The van der Waals surface area contributed by atoms with E-state index < -0.39 is 5.91 Å². The SMILES string of the molecule is Cc1cc(C)n(CCN2CCCC2c2ccc(/C=C/C(=O)NO)cc2)n1. The maximum Gasteiger partial charge on any atom is 0.267 e. The molecule has 0 aliphatic carbocycles. The zero-order chi connectivity index (χ0) is 18.5. The zero-order valence-corrected chi connectivity index (χ0v) is 15.4. The van der Waals surface area contributed by atoms with Gasteiger partial charge in [0, 0.05) is 24.4 Å². The Morgan fingerprint density at radius 3 is 2.73 bits per heavy atom. The molecule has 0 saturated carbocycles. The van der Waals surface area contributed by atoms with E-state index in [1.807, 2.05) is 19.1 Å². The maximum absolute atomic E-state index is 11.1. The summed E-state index contributed by atoms with van der Waals surface area (Å²) in [5.41, 5.74) is 6.11. The zero-order valence-electron chi connectivity index (χ0n) is 15.4. The van der Waals surface area contributed by atoms with Crippen molar-refractivity contribution in [2.75, 3.05) is 13.1 Å². The van der Waals surface area contributed by atoms with Crippen LogP contribution in [-0.2, 0) is 11.3 Å². The standard InChI is InChI=1S/C20H26N4O2/c1-15-14-16(2)24(21-15)13-12-23-11-3-4-19(23)18-8-5-17(6-9-18)7-10-20(25)22-26/h5-10,14,19,26H,3-4,11-13H2,1-2H3,(H,22,25)/b10-7+. The molecule has 3 rings (SSSR count). The third kappa shape index (κ3) is 4.39. The first-order chi connectivity index (χ1) is 12.6. The number of hydroxylamine groups is 1. The molecule has 6 nitrogen and oxygen atoms in total. The van der Waals surface area contributed by atoms with Crippen LogP contribution in [0.3, 0.4) is 0 Å². The quantitative estimate of drug-likeness (QED) is 0.475. The molecule has 2 heterocycles. The van der Waals surface area contributed by atoms with E-state index in [2.05, 4.69) is 39.8 Å². The number of carbonyl (C=O) groups is 1. The van der Waals surface area contributed by atoms with Gasteiger partial charge < -0.3 is 0 Å². The highest BCUT2D eigenvalue weighted by Gasteiger charge is 2.25.